The molecule has 12 nitrogen and oxygen atoms in total. The van der Waals surface area contributed by atoms with E-state index in [9.17, 15) is 22.5 Å². The number of carbonyl (C=O) groups excluding carboxylic acids is 1. The van der Waals surface area contributed by atoms with Gasteiger partial charge in [-0.15, -0.1) is 4.36 Å². The third-order valence-corrected chi connectivity index (χ3v) is 9.01. The Balaban J connectivity index is 1.60. The molecule has 4 N–H and O–H groups in total. The summed E-state index contributed by atoms with van der Waals surface area (Å²) >= 11 is 0. The highest BCUT2D eigenvalue weighted by molar-refractivity contribution is 7.93. The van der Waals surface area contributed by atoms with Gasteiger partial charge in [-0.1, -0.05) is 36.4 Å². The van der Waals surface area contributed by atoms with Gasteiger partial charge in [-0.2, -0.15) is 4.98 Å². The van der Waals surface area contributed by atoms with Gasteiger partial charge in [0.25, 0.3) is 10.0 Å². The van der Waals surface area contributed by atoms with Gasteiger partial charge in [-0.25, -0.2) is 22.4 Å². The maximum Gasteiger partial charge on any atom is 0.442 e. The molecule has 0 aliphatic rings. The third-order valence-electron chi connectivity index (χ3n) is 5.99. The largest absolute Gasteiger partial charge is 0.448 e. The molecule has 4 aromatic rings. The van der Waals surface area contributed by atoms with Crippen molar-refractivity contribution in [3.05, 3.63) is 85.1 Å². The van der Waals surface area contributed by atoms with Gasteiger partial charge in [0.2, 0.25) is 5.95 Å². The first kappa shape index (κ1) is 31.4. The van der Waals surface area contributed by atoms with Crippen LogP contribution in [0.3, 0.4) is 0 Å². The molecule has 0 saturated heterocycles. The molecule has 226 valence electrons. The Hall–Kier alpha value is -4.53. The molecule has 2 atom stereocenters. The number of benzene rings is 3. The number of aromatic nitrogens is 2. The van der Waals surface area contributed by atoms with Crippen LogP contribution in [-0.4, -0.2) is 59.3 Å². The number of nitrogens with zero attached hydrogens (tertiary/aromatic N) is 3. The Bertz CT molecular complexity index is 1810. The van der Waals surface area contributed by atoms with Gasteiger partial charge in [-0.3, -0.25) is 4.72 Å². The highest BCUT2D eigenvalue weighted by Crippen LogP contribution is 2.30. The van der Waals surface area contributed by atoms with Gasteiger partial charge < -0.3 is 20.5 Å². The zero-order chi connectivity index (χ0) is 31.0. The van der Waals surface area contributed by atoms with Crippen molar-refractivity contribution >= 4 is 49.0 Å². The molecule has 0 aliphatic heterocycles. The fourth-order valence-corrected chi connectivity index (χ4v) is 6.06. The van der Waals surface area contributed by atoms with E-state index in [0.29, 0.717) is 33.2 Å². The summed E-state index contributed by atoms with van der Waals surface area (Å²) in [5.41, 5.74) is 2.21. The predicted molar refractivity (Wildman–Crippen MR) is 166 cm³/mol. The first-order chi connectivity index (χ1) is 20.5. The monoisotopic (exact) mass is 624 g/mol. The number of hydrogen-bond acceptors (Lipinski definition) is 10. The number of anilines is 4. The maximum absolute atomic E-state index is 13.1. The average Bonchev–Trinajstić information content (AvgIpc) is 2.98. The SMILES string of the molecule is CCOC(=O)N=[S@](C)(=O)c1cccc(Nc2ncc(-c3ccc(NS(=O)(=O)c4ccccc4)cc3)c(N[C@H](C)CO)n2)c1. The van der Waals surface area contributed by atoms with Gasteiger partial charge in [0.1, 0.15) is 5.82 Å². The minimum atomic E-state index is -3.74. The first-order valence-electron chi connectivity index (χ1n) is 13.2. The minimum Gasteiger partial charge on any atom is -0.448 e. The first-order valence-corrected chi connectivity index (χ1v) is 16.6. The summed E-state index contributed by atoms with van der Waals surface area (Å²) in [6.45, 7) is 3.39. The quantitative estimate of drug-likeness (QED) is 0.176. The van der Waals surface area contributed by atoms with E-state index in [1.54, 1.807) is 86.8 Å². The fourth-order valence-electron chi connectivity index (χ4n) is 3.86. The fraction of sp³-hybridized carbons (Fsp3) is 0.207. The van der Waals surface area contributed by atoms with E-state index in [1.807, 2.05) is 0 Å². The van der Waals surface area contributed by atoms with Crippen molar-refractivity contribution in [2.75, 3.05) is 34.8 Å². The molecule has 1 aromatic heterocycles. The van der Waals surface area contributed by atoms with Crippen LogP contribution in [-0.2, 0) is 24.5 Å². The summed E-state index contributed by atoms with van der Waals surface area (Å²) in [7, 11) is -6.81. The second-order valence-corrected chi connectivity index (χ2v) is 13.4. The Labute approximate surface area is 250 Å². The standard InChI is InChI=1S/C29H32N6O6S2/c1-4-41-29(37)35-42(3,38)25-12-8-9-23(17-25)32-28-30-18-26(27(33-28)31-20(2)19-36)21-13-15-22(16-14-21)34-43(39,40)24-10-6-5-7-11-24/h5-18,20,34,36H,4,19H2,1-3H3,(H2,30,31,32,33)/t20-,42-/m1/s1. The van der Waals surface area contributed by atoms with E-state index < -0.39 is 25.8 Å². The van der Waals surface area contributed by atoms with Crippen LogP contribution in [0.15, 0.2) is 99.2 Å². The number of ether oxygens (including phenoxy) is 1. The van der Waals surface area contributed by atoms with E-state index in [1.165, 1.54) is 18.4 Å². The molecule has 0 aliphatic carbocycles. The van der Waals surface area contributed by atoms with Gasteiger partial charge in [-0.05, 0) is 61.9 Å². The molecule has 0 fully saturated rings. The van der Waals surface area contributed by atoms with Crippen molar-refractivity contribution < 1.29 is 27.3 Å². The summed E-state index contributed by atoms with van der Waals surface area (Å²) in [6, 6.07) is 21.0. The van der Waals surface area contributed by atoms with Gasteiger partial charge in [0.05, 0.1) is 27.8 Å². The Morgan fingerprint density at radius 1 is 0.977 bits per heavy atom. The van der Waals surface area contributed by atoms with E-state index in [4.69, 9.17) is 4.74 Å². The molecule has 4 rings (SSSR count). The summed E-state index contributed by atoms with van der Waals surface area (Å²) in [6.07, 6.45) is 2.04. The van der Waals surface area contributed by atoms with Crippen LogP contribution in [0.1, 0.15) is 13.8 Å². The van der Waals surface area contributed by atoms with E-state index >= 15 is 0 Å². The molecule has 3 aromatic carbocycles. The number of rotatable bonds is 11. The maximum atomic E-state index is 13.1. The van der Waals surface area contributed by atoms with Crippen molar-refractivity contribution in [1.82, 2.24) is 9.97 Å². The highest BCUT2D eigenvalue weighted by atomic mass is 32.2. The molecule has 0 saturated carbocycles. The molecule has 0 spiro atoms. The molecule has 0 unspecified atom stereocenters. The molecular formula is C29H32N6O6S2. The Morgan fingerprint density at radius 3 is 2.35 bits per heavy atom. The number of carbonyl (C=O) groups is 1. The van der Waals surface area contributed by atoms with Gasteiger partial charge in [0.15, 0.2) is 0 Å². The van der Waals surface area contributed by atoms with Crippen molar-refractivity contribution in [2.45, 2.75) is 29.7 Å². The minimum absolute atomic E-state index is 0.120. The van der Waals surface area contributed by atoms with Gasteiger partial charge in [0, 0.05) is 40.3 Å². The average molecular weight is 625 g/mol. The highest BCUT2D eigenvalue weighted by Gasteiger charge is 2.16. The van der Waals surface area contributed by atoms with Crippen LogP contribution < -0.4 is 15.4 Å². The lowest BCUT2D eigenvalue weighted by Gasteiger charge is -2.17. The lowest BCUT2D eigenvalue weighted by Crippen LogP contribution is -2.21. The lowest BCUT2D eigenvalue weighted by atomic mass is 10.1. The van der Waals surface area contributed by atoms with Crippen molar-refractivity contribution in [2.24, 2.45) is 4.36 Å². The summed E-state index contributed by atoms with van der Waals surface area (Å²) in [5, 5.41) is 15.9. The predicted octanol–water partition coefficient (Wildman–Crippen LogP) is 5.09. The lowest BCUT2D eigenvalue weighted by molar-refractivity contribution is 0.164. The molecule has 14 heteroatoms. The Morgan fingerprint density at radius 2 is 1.67 bits per heavy atom. The molecule has 0 radical (unpaired) electrons. The van der Waals surface area contributed by atoms with Crippen LogP contribution in [0.5, 0.6) is 0 Å². The molecular weight excluding hydrogens is 592 g/mol. The normalized spacial score (nSPS) is 13.3. The van der Waals surface area contributed by atoms with Crippen molar-refractivity contribution in [3.63, 3.8) is 0 Å². The Kier molecular flexibility index (Phi) is 9.95. The van der Waals surface area contributed by atoms with Crippen LogP contribution in [0, 0.1) is 0 Å². The van der Waals surface area contributed by atoms with Gasteiger partial charge >= 0.3 is 6.09 Å². The van der Waals surface area contributed by atoms with Crippen molar-refractivity contribution in [1.29, 1.82) is 0 Å². The zero-order valence-corrected chi connectivity index (χ0v) is 25.4. The number of hydrogen-bond donors (Lipinski definition) is 4. The molecule has 0 bridgehead atoms. The molecule has 1 heterocycles. The number of aliphatic hydroxyl groups excluding tert-OH is 1. The second-order valence-electron chi connectivity index (χ2n) is 9.43. The van der Waals surface area contributed by atoms with E-state index in [0.717, 1.165) is 0 Å². The van der Waals surface area contributed by atoms with Crippen molar-refractivity contribution in [3.8, 4) is 11.1 Å². The number of amides is 1. The topological polar surface area (TPSA) is 172 Å². The van der Waals surface area contributed by atoms with Crippen LogP contribution in [0.25, 0.3) is 11.1 Å². The number of nitrogens with one attached hydrogen (secondary N) is 3. The van der Waals surface area contributed by atoms with Crippen LogP contribution in [0.2, 0.25) is 0 Å². The van der Waals surface area contributed by atoms with Crippen LogP contribution in [0.4, 0.5) is 27.9 Å². The molecule has 1 amide bonds. The number of sulfonamides is 1. The van der Waals surface area contributed by atoms with E-state index in [2.05, 4.69) is 29.7 Å². The third kappa shape index (κ3) is 8.28. The summed E-state index contributed by atoms with van der Waals surface area (Å²) in [5.74, 6) is 0.634. The second kappa shape index (κ2) is 13.6. The summed E-state index contributed by atoms with van der Waals surface area (Å²) in [4.78, 5) is 21.3. The zero-order valence-electron chi connectivity index (χ0n) is 23.7. The smallest absolute Gasteiger partial charge is 0.442 e. The van der Waals surface area contributed by atoms with E-state index in [-0.39, 0.29) is 30.1 Å². The van der Waals surface area contributed by atoms with Crippen LogP contribution >= 0.6 is 0 Å². The number of aliphatic hydroxyl groups is 1. The molecule has 43 heavy (non-hydrogen) atoms. The summed E-state index contributed by atoms with van der Waals surface area (Å²) < 4.78 is 49.5.